The highest BCUT2D eigenvalue weighted by atomic mass is 79.9. The first-order valence-electron chi connectivity index (χ1n) is 5.89. The highest BCUT2D eigenvalue weighted by Gasteiger charge is 2.15. The van der Waals surface area contributed by atoms with E-state index < -0.39 is 11.9 Å². The van der Waals surface area contributed by atoms with Crippen LogP contribution in [0.4, 0.5) is 10.1 Å². The molecule has 0 radical (unpaired) electrons. The molecule has 0 amide bonds. The molecule has 1 unspecified atom stereocenters. The third-order valence-corrected chi connectivity index (χ3v) is 3.47. The van der Waals surface area contributed by atoms with Gasteiger partial charge in [0.15, 0.2) is 0 Å². The number of benzene rings is 2. The number of anilines is 1. The van der Waals surface area contributed by atoms with Gasteiger partial charge in [-0.1, -0.05) is 28.1 Å². The molecule has 0 aliphatic heterocycles. The number of aliphatic hydroxyl groups excluding tert-OH is 1. The van der Waals surface area contributed by atoms with Crippen LogP contribution in [0, 0.1) is 5.82 Å². The lowest BCUT2D eigenvalue weighted by Crippen LogP contribution is -2.09. The van der Waals surface area contributed by atoms with Crippen LogP contribution in [-0.4, -0.2) is 19.2 Å². The Bertz CT molecular complexity index is 569. The minimum absolute atomic E-state index is 0.270. The number of rotatable bonds is 3. The van der Waals surface area contributed by atoms with Crippen molar-refractivity contribution >= 4 is 21.6 Å². The van der Waals surface area contributed by atoms with E-state index in [0.717, 1.165) is 10.2 Å². The lowest BCUT2D eigenvalue weighted by atomic mass is 10.0. The Kier molecular flexibility index (Phi) is 4.22. The van der Waals surface area contributed by atoms with E-state index in [2.05, 4.69) is 15.9 Å². The molecule has 0 saturated carbocycles. The molecule has 2 rings (SSSR count). The molecule has 0 saturated heterocycles. The quantitative estimate of drug-likeness (QED) is 0.930. The Balaban J connectivity index is 2.33. The third-order valence-electron chi connectivity index (χ3n) is 2.98. The average molecular weight is 324 g/mol. The van der Waals surface area contributed by atoms with Crippen molar-refractivity contribution in [2.45, 2.75) is 6.10 Å². The van der Waals surface area contributed by atoms with Crippen LogP contribution in [0.25, 0.3) is 0 Å². The van der Waals surface area contributed by atoms with Gasteiger partial charge < -0.3 is 10.0 Å². The largest absolute Gasteiger partial charge is 0.384 e. The van der Waals surface area contributed by atoms with Gasteiger partial charge in [-0.25, -0.2) is 4.39 Å². The molecule has 2 nitrogen and oxygen atoms in total. The highest BCUT2D eigenvalue weighted by Crippen LogP contribution is 2.28. The minimum atomic E-state index is -0.964. The molecule has 0 fully saturated rings. The van der Waals surface area contributed by atoms with Crippen LogP contribution in [0.3, 0.4) is 0 Å². The van der Waals surface area contributed by atoms with Crippen molar-refractivity contribution in [3.05, 3.63) is 63.9 Å². The van der Waals surface area contributed by atoms with Crippen LogP contribution in [0.2, 0.25) is 0 Å². The predicted molar refractivity (Wildman–Crippen MR) is 78.9 cm³/mol. The van der Waals surface area contributed by atoms with Crippen molar-refractivity contribution in [3.8, 4) is 0 Å². The molecule has 0 aliphatic carbocycles. The molecule has 100 valence electrons. The van der Waals surface area contributed by atoms with Crippen LogP contribution < -0.4 is 4.90 Å². The van der Waals surface area contributed by atoms with Crippen LogP contribution >= 0.6 is 15.9 Å². The summed E-state index contributed by atoms with van der Waals surface area (Å²) < 4.78 is 14.5. The van der Waals surface area contributed by atoms with E-state index in [0.29, 0.717) is 5.56 Å². The van der Waals surface area contributed by atoms with Crippen molar-refractivity contribution in [2.24, 2.45) is 0 Å². The Morgan fingerprint density at radius 3 is 2.32 bits per heavy atom. The summed E-state index contributed by atoms with van der Waals surface area (Å²) in [5.74, 6) is -0.410. The molecule has 2 aromatic carbocycles. The topological polar surface area (TPSA) is 23.5 Å². The first-order valence-corrected chi connectivity index (χ1v) is 6.68. The minimum Gasteiger partial charge on any atom is -0.384 e. The molecule has 0 aromatic heterocycles. The third kappa shape index (κ3) is 3.14. The van der Waals surface area contributed by atoms with E-state index in [1.165, 1.54) is 6.07 Å². The summed E-state index contributed by atoms with van der Waals surface area (Å²) in [5.41, 5.74) is 1.97. The summed E-state index contributed by atoms with van der Waals surface area (Å²) in [6.45, 7) is 0. The number of hydrogen-bond donors (Lipinski definition) is 1. The fourth-order valence-electron chi connectivity index (χ4n) is 1.86. The van der Waals surface area contributed by atoms with Gasteiger partial charge in [0.1, 0.15) is 11.9 Å². The molecule has 0 heterocycles. The van der Waals surface area contributed by atoms with Gasteiger partial charge in [0.2, 0.25) is 0 Å². The van der Waals surface area contributed by atoms with Gasteiger partial charge in [0.05, 0.1) is 0 Å². The summed E-state index contributed by atoms with van der Waals surface area (Å²) in [4.78, 5) is 1.97. The van der Waals surface area contributed by atoms with Crippen molar-refractivity contribution in [3.63, 3.8) is 0 Å². The van der Waals surface area contributed by atoms with E-state index in [-0.39, 0.29) is 5.56 Å². The van der Waals surface area contributed by atoms with Crippen LogP contribution in [-0.2, 0) is 0 Å². The molecule has 2 aromatic rings. The van der Waals surface area contributed by atoms with Crippen LogP contribution in [0.1, 0.15) is 17.2 Å². The van der Waals surface area contributed by atoms with Gasteiger partial charge >= 0.3 is 0 Å². The van der Waals surface area contributed by atoms with E-state index >= 15 is 0 Å². The van der Waals surface area contributed by atoms with Gasteiger partial charge in [-0.05, 0) is 35.9 Å². The maximum absolute atomic E-state index is 13.7. The molecule has 0 aliphatic rings. The maximum atomic E-state index is 13.7. The smallest absolute Gasteiger partial charge is 0.129 e. The Hall–Kier alpha value is -1.39. The number of nitrogens with zero attached hydrogens (tertiary/aromatic N) is 1. The highest BCUT2D eigenvalue weighted by molar-refractivity contribution is 9.10. The zero-order valence-electron chi connectivity index (χ0n) is 10.8. The van der Waals surface area contributed by atoms with Gasteiger partial charge in [-0.15, -0.1) is 0 Å². The predicted octanol–water partition coefficient (Wildman–Crippen LogP) is 3.74. The summed E-state index contributed by atoms with van der Waals surface area (Å²) in [7, 11) is 3.89. The van der Waals surface area contributed by atoms with E-state index in [4.69, 9.17) is 0 Å². The second-order valence-electron chi connectivity index (χ2n) is 4.55. The summed E-state index contributed by atoms with van der Waals surface area (Å²) >= 11 is 3.28. The second-order valence-corrected chi connectivity index (χ2v) is 5.47. The summed E-state index contributed by atoms with van der Waals surface area (Å²) in [6, 6.07) is 12.0. The average Bonchev–Trinajstić information content (AvgIpc) is 2.41. The van der Waals surface area contributed by atoms with Gasteiger partial charge in [-0.3, -0.25) is 0 Å². The first kappa shape index (κ1) is 14.0. The molecule has 0 bridgehead atoms. The maximum Gasteiger partial charge on any atom is 0.129 e. The summed E-state index contributed by atoms with van der Waals surface area (Å²) in [6.07, 6.45) is -0.964. The lowest BCUT2D eigenvalue weighted by molar-refractivity contribution is 0.215. The molecule has 19 heavy (non-hydrogen) atoms. The Labute approximate surface area is 120 Å². The van der Waals surface area contributed by atoms with Gasteiger partial charge in [-0.2, -0.15) is 0 Å². The Morgan fingerprint density at radius 2 is 1.74 bits per heavy atom. The molecule has 0 spiro atoms. The lowest BCUT2D eigenvalue weighted by Gasteiger charge is -2.16. The zero-order chi connectivity index (χ0) is 14.0. The first-order chi connectivity index (χ1) is 8.99. The monoisotopic (exact) mass is 323 g/mol. The van der Waals surface area contributed by atoms with Crippen LogP contribution in [0.15, 0.2) is 46.9 Å². The van der Waals surface area contributed by atoms with Crippen molar-refractivity contribution in [2.75, 3.05) is 19.0 Å². The van der Waals surface area contributed by atoms with E-state index in [1.54, 1.807) is 24.3 Å². The SMILES string of the molecule is CN(C)c1ccc(C(O)c2cc(Br)ccc2F)cc1. The number of halogens is 2. The van der Waals surface area contributed by atoms with Gasteiger partial charge in [0, 0.05) is 29.8 Å². The zero-order valence-corrected chi connectivity index (χ0v) is 12.4. The van der Waals surface area contributed by atoms with E-state index in [9.17, 15) is 9.50 Å². The summed E-state index contributed by atoms with van der Waals surface area (Å²) in [5, 5.41) is 10.3. The van der Waals surface area contributed by atoms with Crippen LogP contribution in [0.5, 0.6) is 0 Å². The number of aliphatic hydroxyl groups is 1. The normalized spacial score (nSPS) is 12.3. The molecule has 4 heteroatoms. The molecule has 1 atom stereocenters. The fraction of sp³-hybridized carbons (Fsp3) is 0.200. The molecule has 1 N–H and O–H groups in total. The Morgan fingerprint density at radius 1 is 1.11 bits per heavy atom. The van der Waals surface area contributed by atoms with E-state index in [1.807, 2.05) is 31.1 Å². The standard InChI is InChI=1S/C15H15BrFNO/c1-18(2)12-6-3-10(4-7-12)15(19)13-9-11(16)5-8-14(13)17/h3-9,15,19H,1-2H3. The number of hydrogen-bond acceptors (Lipinski definition) is 2. The van der Waals surface area contributed by atoms with Crippen molar-refractivity contribution in [1.82, 2.24) is 0 Å². The van der Waals surface area contributed by atoms with Crippen molar-refractivity contribution < 1.29 is 9.50 Å². The second kappa shape index (κ2) is 5.72. The fourth-order valence-corrected chi connectivity index (χ4v) is 2.24. The molecular formula is C15H15BrFNO. The van der Waals surface area contributed by atoms with Gasteiger partial charge in [0.25, 0.3) is 0 Å². The molecular weight excluding hydrogens is 309 g/mol. The van der Waals surface area contributed by atoms with Crippen molar-refractivity contribution in [1.29, 1.82) is 0 Å².